The van der Waals surface area contributed by atoms with Crippen molar-refractivity contribution in [1.29, 1.82) is 0 Å². The van der Waals surface area contributed by atoms with Crippen molar-refractivity contribution in [2.75, 3.05) is 0 Å². The first-order valence-corrected chi connectivity index (χ1v) is 7.97. The molecule has 2 aromatic heterocycles. The van der Waals surface area contributed by atoms with Gasteiger partial charge < -0.3 is 0 Å². The molecule has 3 nitrogen and oxygen atoms in total. The Morgan fingerprint density at radius 2 is 2.00 bits per heavy atom. The van der Waals surface area contributed by atoms with Gasteiger partial charge in [0.15, 0.2) is 5.82 Å². The molecule has 0 aliphatic heterocycles. The van der Waals surface area contributed by atoms with E-state index in [1.165, 1.54) is 12.8 Å². The van der Waals surface area contributed by atoms with Crippen molar-refractivity contribution >= 4 is 38.4 Å². The van der Waals surface area contributed by atoms with Gasteiger partial charge in [-0.2, -0.15) is 0 Å². The molecule has 1 aliphatic rings. The number of rotatable bonds is 2. The van der Waals surface area contributed by atoms with Gasteiger partial charge in [-0.3, -0.25) is 4.98 Å². The lowest BCUT2D eigenvalue weighted by Crippen LogP contribution is -1.97. The van der Waals surface area contributed by atoms with Crippen LogP contribution in [0.3, 0.4) is 0 Å². The Kier molecular flexibility index (Phi) is 3.16. The highest BCUT2D eigenvalue weighted by atomic mass is 79.9. The number of aromatic nitrogens is 3. The maximum atomic E-state index is 6.25. The van der Waals surface area contributed by atoms with Crippen LogP contribution >= 0.6 is 27.5 Å². The van der Waals surface area contributed by atoms with Crippen molar-refractivity contribution in [1.82, 2.24) is 15.0 Å². The number of hydrogen-bond donors (Lipinski definition) is 0. The molecule has 5 heteroatoms. The van der Waals surface area contributed by atoms with Gasteiger partial charge in [-0.25, -0.2) is 9.97 Å². The van der Waals surface area contributed by atoms with Gasteiger partial charge in [0, 0.05) is 23.1 Å². The average molecular weight is 361 g/mol. The summed E-state index contributed by atoms with van der Waals surface area (Å²) in [7, 11) is 0. The molecule has 3 aromatic rings. The van der Waals surface area contributed by atoms with Crippen LogP contribution in [-0.4, -0.2) is 15.0 Å². The summed E-state index contributed by atoms with van der Waals surface area (Å²) in [6, 6.07) is 10.00. The Hall–Kier alpha value is -1.52. The van der Waals surface area contributed by atoms with E-state index in [1.807, 2.05) is 24.3 Å². The maximum absolute atomic E-state index is 6.25. The van der Waals surface area contributed by atoms with Crippen LogP contribution in [-0.2, 0) is 0 Å². The molecule has 21 heavy (non-hydrogen) atoms. The first-order chi connectivity index (χ1) is 10.2. The highest BCUT2D eigenvalue weighted by Gasteiger charge is 2.29. The molecule has 104 valence electrons. The van der Waals surface area contributed by atoms with E-state index in [1.54, 1.807) is 6.20 Å². The Morgan fingerprint density at radius 3 is 2.81 bits per heavy atom. The topological polar surface area (TPSA) is 38.7 Å². The van der Waals surface area contributed by atoms with Gasteiger partial charge in [0.05, 0.1) is 15.7 Å². The van der Waals surface area contributed by atoms with Gasteiger partial charge in [-0.1, -0.05) is 17.7 Å². The van der Waals surface area contributed by atoms with Crippen LogP contribution in [0.4, 0.5) is 0 Å². The fraction of sp³-hybridized carbons (Fsp3) is 0.188. The second kappa shape index (κ2) is 5.04. The summed E-state index contributed by atoms with van der Waals surface area (Å²) >= 11 is 9.75. The van der Waals surface area contributed by atoms with Crippen molar-refractivity contribution in [2.24, 2.45) is 0 Å². The van der Waals surface area contributed by atoms with Gasteiger partial charge in [0.2, 0.25) is 0 Å². The van der Waals surface area contributed by atoms with Gasteiger partial charge >= 0.3 is 0 Å². The molecule has 1 aliphatic carbocycles. The maximum Gasteiger partial charge on any atom is 0.161 e. The molecule has 0 N–H and O–H groups in total. The lowest BCUT2D eigenvalue weighted by molar-refractivity contribution is 0.980. The van der Waals surface area contributed by atoms with Gasteiger partial charge in [-0.15, -0.1) is 0 Å². The Labute approximate surface area is 135 Å². The van der Waals surface area contributed by atoms with E-state index < -0.39 is 0 Å². The zero-order valence-electron chi connectivity index (χ0n) is 11.1. The van der Waals surface area contributed by atoms with Crippen molar-refractivity contribution in [3.63, 3.8) is 0 Å². The smallest absolute Gasteiger partial charge is 0.161 e. The highest BCUT2D eigenvalue weighted by Crippen LogP contribution is 2.44. The first kappa shape index (κ1) is 13.2. The first-order valence-electron chi connectivity index (χ1n) is 6.80. The summed E-state index contributed by atoms with van der Waals surface area (Å²) in [4.78, 5) is 13.4. The molecule has 0 bridgehead atoms. The van der Waals surface area contributed by atoms with E-state index in [0.717, 1.165) is 26.6 Å². The zero-order valence-corrected chi connectivity index (χ0v) is 13.4. The second-order valence-corrected chi connectivity index (χ2v) is 6.37. The fourth-order valence-corrected chi connectivity index (χ4v) is 3.08. The average Bonchev–Trinajstić information content (AvgIpc) is 3.34. The predicted molar refractivity (Wildman–Crippen MR) is 87.5 cm³/mol. The molecule has 0 unspecified atom stereocenters. The van der Waals surface area contributed by atoms with E-state index in [-0.39, 0.29) is 0 Å². The molecular formula is C16H11BrClN3. The molecule has 0 saturated heterocycles. The number of benzene rings is 1. The minimum absolute atomic E-state index is 0.480. The molecule has 2 heterocycles. The third-order valence-corrected chi connectivity index (χ3v) is 4.95. The monoisotopic (exact) mass is 359 g/mol. The minimum atomic E-state index is 0.480. The summed E-state index contributed by atoms with van der Waals surface area (Å²) in [6.07, 6.45) is 4.14. The Bertz CT molecular complexity index is 846. The van der Waals surface area contributed by atoms with Crippen molar-refractivity contribution in [3.05, 3.63) is 51.8 Å². The zero-order chi connectivity index (χ0) is 14.4. The molecule has 0 spiro atoms. The van der Waals surface area contributed by atoms with Crippen LogP contribution in [0.25, 0.3) is 22.3 Å². The molecular weight excluding hydrogens is 350 g/mol. The quantitative estimate of drug-likeness (QED) is 0.605. The molecule has 0 amide bonds. The van der Waals surface area contributed by atoms with Crippen LogP contribution in [0.15, 0.2) is 41.0 Å². The van der Waals surface area contributed by atoms with Crippen LogP contribution < -0.4 is 0 Å². The lowest BCUT2D eigenvalue weighted by Gasteiger charge is -2.08. The van der Waals surface area contributed by atoms with Crippen LogP contribution in [0.5, 0.6) is 0 Å². The second-order valence-electron chi connectivity index (χ2n) is 5.22. The van der Waals surface area contributed by atoms with Crippen molar-refractivity contribution < 1.29 is 0 Å². The van der Waals surface area contributed by atoms with Crippen molar-refractivity contribution in [2.45, 2.75) is 18.8 Å². The summed E-state index contributed by atoms with van der Waals surface area (Å²) < 4.78 is 0.831. The largest absolute Gasteiger partial charge is 0.256 e. The normalized spacial score (nSPS) is 14.6. The Morgan fingerprint density at radius 1 is 1.14 bits per heavy atom. The number of hydrogen-bond acceptors (Lipinski definition) is 3. The number of nitrogens with zero attached hydrogens (tertiary/aromatic N) is 3. The fourth-order valence-electron chi connectivity index (χ4n) is 2.41. The van der Waals surface area contributed by atoms with Crippen LogP contribution in [0, 0.1) is 0 Å². The van der Waals surface area contributed by atoms with Gasteiger partial charge in [-0.05, 0) is 53.0 Å². The van der Waals surface area contributed by atoms with Crippen LogP contribution in [0.1, 0.15) is 24.5 Å². The standard InChI is InChI=1S/C16H11BrClN3/c17-13-14(9-3-4-9)20-16(21-15(13)18)11-5-6-12-10(8-11)2-1-7-19-12/h1-2,5-9H,3-4H2. The Balaban J connectivity index is 1.87. The van der Waals surface area contributed by atoms with E-state index in [2.05, 4.69) is 32.0 Å². The molecule has 0 radical (unpaired) electrons. The minimum Gasteiger partial charge on any atom is -0.256 e. The summed E-state index contributed by atoms with van der Waals surface area (Å²) in [5.74, 6) is 1.19. The predicted octanol–water partition coefficient (Wildman–Crippen LogP) is 4.99. The third kappa shape index (κ3) is 2.43. The summed E-state index contributed by atoms with van der Waals surface area (Å²) in [5, 5.41) is 1.55. The number of fused-ring (bicyclic) bond motifs is 1. The van der Waals surface area contributed by atoms with Gasteiger partial charge in [0.1, 0.15) is 5.15 Å². The van der Waals surface area contributed by atoms with E-state index in [4.69, 9.17) is 16.6 Å². The van der Waals surface area contributed by atoms with E-state index in [0.29, 0.717) is 16.9 Å². The summed E-state index contributed by atoms with van der Waals surface area (Å²) in [5.41, 5.74) is 2.95. The SMILES string of the molecule is Clc1nc(-c2ccc3ncccc3c2)nc(C2CC2)c1Br. The van der Waals surface area contributed by atoms with E-state index in [9.17, 15) is 0 Å². The van der Waals surface area contributed by atoms with E-state index >= 15 is 0 Å². The third-order valence-electron chi connectivity index (χ3n) is 3.66. The molecule has 4 rings (SSSR count). The van der Waals surface area contributed by atoms with Crippen LogP contribution in [0.2, 0.25) is 5.15 Å². The number of pyridine rings is 1. The van der Waals surface area contributed by atoms with Crippen molar-refractivity contribution in [3.8, 4) is 11.4 Å². The molecule has 0 atom stereocenters. The molecule has 1 saturated carbocycles. The highest BCUT2D eigenvalue weighted by molar-refractivity contribution is 9.10. The molecule has 1 fully saturated rings. The summed E-state index contributed by atoms with van der Waals surface area (Å²) in [6.45, 7) is 0. The number of halogens is 2. The lowest BCUT2D eigenvalue weighted by atomic mass is 10.1. The van der Waals surface area contributed by atoms with Gasteiger partial charge in [0.25, 0.3) is 0 Å². The molecule has 1 aromatic carbocycles.